The van der Waals surface area contributed by atoms with Gasteiger partial charge >= 0.3 is 0 Å². The first-order valence-corrected chi connectivity index (χ1v) is 6.32. The van der Waals surface area contributed by atoms with E-state index in [0.717, 1.165) is 17.0 Å². The second-order valence-electron chi connectivity index (χ2n) is 4.89. The number of aromatic nitrogens is 2. The molecule has 2 rings (SSSR count). The standard InChI is InChI=1S/C14H17N3O3/c1-8-9(2)15-16(10(8)3)13-6-5-12(11(4)18)7-14(13)17(19)20/h5-7,11,18H,1-4H3/t11-/m0/s1. The summed E-state index contributed by atoms with van der Waals surface area (Å²) in [6.45, 7) is 7.26. The highest BCUT2D eigenvalue weighted by Crippen LogP contribution is 2.28. The third kappa shape index (κ3) is 2.30. The lowest BCUT2D eigenvalue weighted by atomic mass is 10.1. The molecular formula is C14H17N3O3. The van der Waals surface area contributed by atoms with Gasteiger partial charge in [-0.25, -0.2) is 4.68 Å². The number of aliphatic hydroxyl groups is 1. The Morgan fingerprint density at radius 1 is 1.35 bits per heavy atom. The van der Waals surface area contributed by atoms with Gasteiger partial charge in [-0.3, -0.25) is 10.1 Å². The molecule has 0 aliphatic carbocycles. The number of aliphatic hydroxyl groups excluding tert-OH is 1. The van der Waals surface area contributed by atoms with Gasteiger partial charge in [0.05, 0.1) is 16.7 Å². The summed E-state index contributed by atoms with van der Waals surface area (Å²) in [6.07, 6.45) is -0.745. The van der Waals surface area contributed by atoms with Crippen LogP contribution in [0, 0.1) is 30.9 Å². The van der Waals surface area contributed by atoms with E-state index in [2.05, 4.69) is 5.10 Å². The van der Waals surface area contributed by atoms with E-state index in [9.17, 15) is 15.2 Å². The Morgan fingerprint density at radius 2 is 2.00 bits per heavy atom. The van der Waals surface area contributed by atoms with Crippen molar-refractivity contribution >= 4 is 5.69 Å². The maximum atomic E-state index is 11.3. The summed E-state index contributed by atoms with van der Waals surface area (Å²) in [5.41, 5.74) is 3.59. The SMILES string of the molecule is Cc1nn(-c2ccc([C@H](C)O)cc2[N+](=O)[O-])c(C)c1C. The van der Waals surface area contributed by atoms with Crippen LogP contribution in [0.5, 0.6) is 0 Å². The van der Waals surface area contributed by atoms with Crippen LogP contribution in [0.15, 0.2) is 18.2 Å². The van der Waals surface area contributed by atoms with E-state index in [4.69, 9.17) is 0 Å². The number of nitrogens with zero attached hydrogens (tertiary/aromatic N) is 3. The third-order valence-electron chi connectivity index (χ3n) is 3.56. The maximum Gasteiger partial charge on any atom is 0.295 e. The van der Waals surface area contributed by atoms with Crippen molar-refractivity contribution in [3.05, 3.63) is 50.8 Å². The molecule has 1 aromatic heterocycles. The van der Waals surface area contributed by atoms with E-state index < -0.39 is 11.0 Å². The lowest BCUT2D eigenvalue weighted by molar-refractivity contribution is -0.384. The van der Waals surface area contributed by atoms with Gasteiger partial charge in [0.15, 0.2) is 0 Å². The van der Waals surface area contributed by atoms with Crippen LogP contribution in [-0.4, -0.2) is 19.8 Å². The van der Waals surface area contributed by atoms with Crippen molar-refractivity contribution < 1.29 is 10.0 Å². The highest BCUT2D eigenvalue weighted by molar-refractivity contribution is 5.55. The summed E-state index contributed by atoms with van der Waals surface area (Å²) >= 11 is 0. The van der Waals surface area contributed by atoms with Crippen molar-refractivity contribution in [3.8, 4) is 5.69 Å². The molecule has 0 saturated heterocycles. The molecule has 6 heteroatoms. The van der Waals surface area contributed by atoms with E-state index in [1.807, 2.05) is 20.8 Å². The van der Waals surface area contributed by atoms with E-state index >= 15 is 0 Å². The smallest absolute Gasteiger partial charge is 0.295 e. The van der Waals surface area contributed by atoms with Crippen LogP contribution < -0.4 is 0 Å². The summed E-state index contributed by atoms with van der Waals surface area (Å²) in [5, 5.41) is 25.2. The monoisotopic (exact) mass is 275 g/mol. The lowest BCUT2D eigenvalue weighted by Crippen LogP contribution is -2.05. The molecule has 0 bridgehead atoms. The van der Waals surface area contributed by atoms with Crippen LogP contribution in [-0.2, 0) is 0 Å². The molecule has 0 unspecified atom stereocenters. The van der Waals surface area contributed by atoms with E-state index in [0.29, 0.717) is 11.3 Å². The third-order valence-corrected chi connectivity index (χ3v) is 3.56. The summed E-state index contributed by atoms with van der Waals surface area (Å²) in [5.74, 6) is 0. The van der Waals surface area contributed by atoms with Gasteiger partial charge in [-0.2, -0.15) is 5.10 Å². The fourth-order valence-corrected chi connectivity index (χ4v) is 2.08. The molecule has 0 aliphatic rings. The fraction of sp³-hybridized carbons (Fsp3) is 0.357. The van der Waals surface area contributed by atoms with Crippen LogP contribution in [0.3, 0.4) is 0 Å². The zero-order valence-electron chi connectivity index (χ0n) is 11.9. The van der Waals surface area contributed by atoms with Crippen LogP contribution in [0.1, 0.15) is 35.5 Å². The zero-order valence-corrected chi connectivity index (χ0v) is 11.9. The lowest BCUT2D eigenvalue weighted by Gasteiger charge is -2.09. The molecule has 0 amide bonds. The Kier molecular flexibility index (Phi) is 3.59. The Bertz CT molecular complexity index is 675. The van der Waals surface area contributed by atoms with Crippen LogP contribution in [0.25, 0.3) is 5.69 Å². The molecule has 0 spiro atoms. The summed E-state index contributed by atoms with van der Waals surface area (Å²) < 4.78 is 1.58. The van der Waals surface area contributed by atoms with Gasteiger partial charge < -0.3 is 5.11 Å². The van der Waals surface area contributed by atoms with Crippen LogP contribution in [0.4, 0.5) is 5.69 Å². The van der Waals surface area contributed by atoms with Crippen molar-refractivity contribution in [1.29, 1.82) is 0 Å². The molecule has 0 saturated carbocycles. The van der Waals surface area contributed by atoms with Crippen molar-refractivity contribution in [2.75, 3.05) is 0 Å². The van der Waals surface area contributed by atoms with E-state index in [-0.39, 0.29) is 5.69 Å². The van der Waals surface area contributed by atoms with Crippen molar-refractivity contribution in [2.24, 2.45) is 0 Å². The molecule has 6 nitrogen and oxygen atoms in total. The van der Waals surface area contributed by atoms with Gasteiger partial charge in [0.25, 0.3) is 5.69 Å². The zero-order chi connectivity index (χ0) is 15.0. The Hall–Kier alpha value is -2.21. The number of rotatable bonds is 3. The number of nitro groups is 1. The number of nitro benzene ring substituents is 1. The highest BCUT2D eigenvalue weighted by atomic mass is 16.6. The first-order valence-electron chi connectivity index (χ1n) is 6.32. The molecule has 0 fully saturated rings. The van der Waals surface area contributed by atoms with Gasteiger partial charge in [0.1, 0.15) is 5.69 Å². The molecule has 106 valence electrons. The van der Waals surface area contributed by atoms with Gasteiger partial charge in [0, 0.05) is 11.8 Å². The van der Waals surface area contributed by atoms with Gasteiger partial charge in [-0.1, -0.05) is 6.07 Å². The summed E-state index contributed by atoms with van der Waals surface area (Å²) in [7, 11) is 0. The largest absolute Gasteiger partial charge is 0.389 e. The molecule has 2 aromatic rings. The first-order chi connectivity index (χ1) is 9.32. The van der Waals surface area contributed by atoms with Crippen molar-refractivity contribution in [1.82, 2.24) is 9.78 Å². The minimum absolute atomic E-state index is 0.0611. The number of benzene rings is 1. The second-order valence-corrected chi connectivity index (χ2v) is 4.89. The predicted molar refractivity (Wildman–Crippen MR) is 75.1 cm³/mol. The normalized spacial score (nSPS) is 12.4. The number of hydrogen-bond acceptors (Lipinski definition) is 4. The Morgan fingerprint density at radius 3 is 2.45 bits per heavy atom. The topological polar surface area (TPSA) is 81.2 Å². The Balaban J connectivity index is 2.67. The number of hydrogen-bond donors (Lipinski definition) is 1. The van der Waals surface area contributed by atoms with Crippen molar-refractivity contribution in [2.45, 2.75) is 33.8 Å². The minimum Gasteiger partial charge on any atom is -0.389 e. The predicted octanol–water partition coefficient (Wildman–Crippen LogP) is 2.76. The highest BCUT2D eigenvalue weighted by Gasteiger charge is 2.20. The molecule has 20 heavy (non-hydrogen) atoms. The average molecular weight is 275 g/mol. The van der Waals surface area contributed by atoms with Gasteiger partial charge in [-0.05, 0) is 44.9 Å². The molecular weight excluding hydrogens is 258 g/mol. The fourth-order valence-electron chi connectivity index (χ4n) is 2.08. The van der Waals surface area contributed by atoms with E-state index in [1.54, 1.807) is 23.7 Å². The second kappa shape index (κ2) is 5.05. The molecule has 1 aromatic carbocycles. The van der Waals surface area contributed by atoms with Gasteiger partial charge in [-0.15, -0.1) is 0 Å². The first kappa shape index (κ1) is 14.2. The summed E-state index contributed by atoms with van der Waals surface area (Å²) in [4.78, 5) is 10.8. The van der Waals surface area contributed by atoms with Crippen molar-refractivity contribution in [3.63, 3.8) is 0 Å². The molecule has 0 radical (unpaired) electrons. The molecule has 1 atom stereocenters. The van der Waals surface area contributed by atoms with E-state index in [1.165, 1.54) is 6.07 Å². The van der Waals surface area contributed by atoms with Crippen LogP contribution >= 0.6 is 0 Å². The molecule has 1 N–H and O–H groups in total. The molecule has 1 heterocycles. The minimum atomic E-state index is -0.745. The summed E-state index contributed by atoms with van der Waals surface area (Å²) in [6, 6.07) is 4.70. The van der Waals surface area contributed by atoms with Gasteiger partial charge in [0.2, 0.25) is 0 Å². The molecule has 0 aliphatic heterocycles. The van der Waals surface area contributed by atoms with Crippen LogP contribution in [0.2, 0.25) is 0 Å². The Labute approximate surface area is 116 Å². The average Bonchev–Trinajstić information content (AvgIpc) is 2.65. The number of aryl methyl sites for hydroxylation is 1. The quantitative estimate of drug-likeness (QED) is 0.689. The maximum absolute atomic E-state index is 11.3.